The van der Waals surface area contributed by atoms with Gasteiger partial charge in [0.05, 0.1) is 20.7 Å². The number of nitrogens with one attached hydrogen (secondary N) is 1. The fourth-order valence-corrected chi connectivity index (χ4v) is 3.30. The number of amides is 1. The molecule has 110 valence electrons. The van der Waals surface area contributed by atoms with Crippen LogP contribution in [-0.2, 0) is 15.6 Å². The van der Waals surface area contributed by atoms with E-state index in [1.54, 1.807) is 30.3 Å². The Hall–Kier alpha value is -1.85. The Morgan fingerprint density at radius 3 is 2.52 bits per heavy atom. The third-order valence-electron chi connectivity index (χ3n) is 2.82. The van der Waals surface area contributed by atoms with Crippen LogP contribution in [0, 0.1) is 6.92 Å². The predicted octanol–water partition coefficient (Wildman–Crippen LogP) is 2.98. The highest BCUT2D eigenvalue weighted by molar-refractivity contribution is 7.86. The first kappa shape index (κ1) is 15.5. The summed E-state index contributed by atoms with van der Waals surface area (Å²) in [6, 6.07) is 12.2. The second kappa shape index (κ2) is 6.74. The molecule has 0 saturated carbocycles. The summed E-state index contributed by atoms with van der Waals surface area (Å²) < 4.78 is 12.2. The normalized spacial score (nSPS) is 11.9. The summed E-state index contributed by atoms with van der Waals surface area (Å²) in [7, 11) is -1.58. The van der Waals surface area contributed by atoms with Crippen molar-refractivity contribution in [2.24, 2.45) is 0 Å². The number of carbonyl (C=O) groups is 1. The lowest BCUT2D eigenvalue weighted by atomic mass is 10.2. The molecule has 0 heterocycles. The van der Waals surface area contributed by atoms with Gasteiger partial charge in [0.1, 0.15) is 5.75 Å². The van der Waals surface area contributed by atoms with E-state index in [0.29, 0.717) is 21.3 Å². The zero-order valence-corrected chi connectivity index (χ0v) is 13.0. The molecular formula is C15H15ClN2O2S. The maximum Gasteiger partial charge on any atom is 0.237 e. The molecule has 2 aromatic carbocycles. The molecule has 0 spiro atoms. The number of rotatable bonds is 4. The van der Waals surface area contributed by atoms with E-state index >= 15 is 0 Å². The highest BCUT2D eigenvalue weighted by atomic mass is 35.5. The molecule has 2 rings (SSSR count). The topological polar surface area (TPSA) is 72.2 Å². The molecule has 0 aliphatic rings. The van der Waals surface area contributed by atoms with Crippen molar-refractivity contribution in [1.29, 1.82) is 0 Å². The van der Waals surface area contributed by atoms with Crippen LogP contribution >= 0.6 is 11.6 Å². The van der Waals surface area contributed by atoms with Gasteiger partial charge in [-0.1, -0.05) is 35.4 Å². The zero-order chi connectivity index (χ0) is 15.4. The van der Waals surface area contributed by atoms with Gasteiger partial charge in [-0.2, -0.15) is 0 Å². The zero-order valence-electron chi connectivity index (χ0n) is 11.4. The van der Waals surface area contributed by atoms with E-state index < -0.39 is 10.8 Å². The highest BCUT2D eigenvalue weighted by Crippen LogP contribution is 2.25. The Morgan fingerprint density at radius 2 is 1.90 bits per heavy atom. The van der Waals surface area contributed by atoms with Gasteiger partial charge < -0.3 is 11.1 Å². The van der Waals surface area contributed by atoms with Crippen LogP contribution in [0.15, 0.2) is 47.4 Å². The number of hydrogen-bond acceptors (Lipinski definition) is 3. The quantitative estimate of drug-likeness (QED) is 0.850. The molecule has 1 amide bonds. The van der Waals surface area contributed by atoms with E-state index in [1.165, 1.54) is 0 Å². The van der Waals surface area contributed by atoms with Crippen LogP contribution in [0.2, 0.25) is 5.02 Å². The predicted molar refractivity (Wildman–Crippen MR) is 86.9 cm³/mol. The SMILES string of the molecule is Cc1ccc(NC(=O)CS(=O)c2c(N)cccc2Cl)cc1. The Balaban J connectivity index is 2.06. The van der Waals surface area contributed by atoms with Gasteiger partial charge in [0.15, 0.2) is 0 Å². The van der Waals surface area contributed by atoms with Crippen LogP contribution in [0.25, 0.3) is 0 Å². The maximum atomic E-state index is 12.2. The second-order valence-corrected chi connectivity index (χ2v) is 6.36. The molecule has 4 nitrogen and oxygen atoms in total. The van der Waals surface area contributed by atoms with Crippen molar-refractivity contribution < 1.29 is 9.00 Å². The number of halogens is 1. The molecule has 0 radical (unpaired) electrons. The molecule has 3 N–H and O–H groups in total. The molecule has 1 unspecified atom stereocenters. The van der Waals surface area contributed by atoms with Gasteiger partial charge in [-0.3, -0.25) is 9.00 Å². The summed E-state index contributed by atoms with van der Waals surface area (Å²) in [6.45, 7) is 1.96. The third kappa shape index (κ3) is 4.06. The maximum absolute atomic E-state index is 12.2. The van der Waals surface area contributed by atoms with Gasteiger partial charge in [0.2, 0.25) is 5.91 Å². The lowest BCUT2D eigenvalue weighted by Crippen LogP contribution is -2.20. The summed E-state index contributed by atoms with van der Waals surface area (Å²) >= 11 is 5.98. The van der Waals surface area contributed by atoms with E-state index in [0.717, 1.165) is 5.56 Å². The largest absolute Gasteiger partial charge is 0.398 e. The smallest absolute Gasteiger partial charge is 0.237 e. The van der Waals surface area contributed by atoms with E-state index in [2.05, 4.69) is 5.32 Å². The Bertz CT molecular complexity index is 666. The van der Waals surface area contributed by atoms with Crippen LogP contribution in [0.3, 0.4) is 0 Å². The molecular weight excluding hydrogens is 308 g/mol. The molecule has 2 aromatic rings. The molecule has 0 bridgehead atoms. The molecule has 0 aliphatic carbocycles. The summed E-state index contributed by atoms with van der Waals surface area (Å²) in [6.07, 6.45) is 0. The molecule has 0 saturated heterocycles. The number of nitrogens with two attached hydrogens (primary N) is 1. The minimum atomic E-state index is -1.58. The van der Waals surface area contributed by atoms with Gasteiger partial charge in [0, 0.05) is 11.4 Å². The summed E-state index contributed by atoms with van der Waals surface area (Å²) in [4.78, 5) is 12.2. The third-order valence-corrected chi connectivity index (χ3v) is 4.68. The van der Waals surface area contributed by atoms with Crippen molar-refractivity contribution in [3.05, 3.63) is 53.1 Å². The average molecular weight is 323 g/mol. The minimum Gasteiger partial charge on any atom is -0.398 e. The van der Waals surface area contributed by atoms with Crippen LogP contribution < -0.4 is 11.1 Å². The molecule has 21 heavy (non-hydrogen) atoms. The molecule has 0 aromatic heterocycles. The van der Waals surface area contributed by atoms with Crippen molar-refractivity contribution in [2.75, 3.05) is 16.8 Å². The summed E-state index contributed by atoms with van der Waals surface area (Å²) in [5.41, 5.74) is 7.84. The van der Waals surface area contributed by atoms with Crippen LogP contribution in [-0.4, -0.2) is 15.9 Å². The Kier molecular flexibility index (Phi) is 4.98. The Morgan fingerprint density at radius 1 is 1.24 bits per heavy atom. The number of nitrogen functional groups attached to an aromatic ring is 1. The molecule has 6 heteroatoms. The standard InChI is InChI=1S/C15H15ClN2O2S/c1-10-5-7-11(8-6-10)18-14(19)9-21(20)15-12(16)3-2-4-13(15)17/h2-8H,9,17H2,1H3,(H,18,19). The fraction of sp³-hybridized carbons (Fsp3) is 0.133. The van der Waals surface area contributed by atoms with Gasteiger partial charge in [-0.05, 0) is 31.2 Å². The van der Waals surface area contributed by atoms with Crippen molar-refractivity contribution in [2.45, 2.75) is 11.8 Å². The number of aryl methyl sites for hydroxylation is 1. The molecule has 0 aliphatic heterocycles. The number of anilines is 2. The Labute approximate surface area is 130 Å². The van der Waals surface area contributed by atoms with Gasteiger partial charge in [-0.15, -0.1) is 0 Å². The number of carbonyl (C=O) groups excluding carboxylic acids is 1. The van der Waals surface area contributed by atoms with E-state index in [4.69, 9.17) is 17.3 Å². The van der Waals surface area contributed by atoms with Crippen LogP contribution in [0.1, 0.15) is 5.56 Å². The van der Waals surface area contributed by atoms with Gasteiger partial charge in [0.25, 0.3) is 0 Å². The molecule has 0 fully saturated rings. The van der Waals surface area contributed by atoms with Crippen LogP contribution in [0.4, 0.5) is 11.4 Å². The second-order valence-electron chi connectivity index (χ2n) is 4.56. The van der Waals surface area contributed by atoms with Crippen molar-refractivity contribution in [3.8, 4) is 0 Å². The van der Waals surface area contributed by atoms with Crippen LogP contribution in [0.5, 0.6) is 0 Å². The fourth-order valence-electron chi connectivity index (χ4n) is 1.79. The van der Waals surface area contributed by atoms with E-state index in [9.17, 15) is 9.00 Å². The van der Waals surface area contributed by atoms with Gasteiger partial charge in [-0.25, -0.2) is 0 Å². The minimum absolute atomic E-state index is 0.193. The number of benzene rings is 2. The first-order valence-electron chi connectivity index (χ1n) is 6.26. The van der Waals surface area contributed by atoms with E-state index in [-0.39, 0.29) is 11.7 Å². The van der Waals surface area contributed by atoms with E-state index in [1.807, 2.05) is 19.1 Å². The number of hydrogen-bond donors (Lipinski definition) is 2. The van der Waals surface area contributed by atoms with Crippen molar-refractivity contribution in [1.82, 2.24) is 0 Å². The summed E-state index contributed by atoms with van der Waals surface area (Å²) in [5.74, 6) is -0.543. The van der Waals surface area contributed by atoms with Crippen molar-refractivity contribution in [3.63, 3.8) is 0 Å². The van der Waals surface area contributed by atoms with Gasteiger partial charge >= 0.3 is 0 Å². The lowest BCUT2D eigenvalue weighted by Gasteiger charge is -2.08. The van der Waals surface area contributed by atoms with Crippen molar-refractivity contribution >= 4 is 39.7 Å². The highest BCUT2D eigenvalue weighted by Gasteiger charge is 2.16. The summed E-state index contributed by atoms with van der Waals surface area (Å²) in [5, 5.41) is 3.00. The first-order valence-corrected chi connectivity index (χ1v) is 7.96. The monoisotopic (exact) mass is 322 g/mol. The lowest BCUT2D eigenvalue weighted by molar-refractivity contribution is -0.113. The molecule has 1 atom stereocenters. The average Bonchev–Trinajstić information content (AvgIpc) is 2.41. The first-order chi connectivity index (χ1) is 9.97.